The van der Waals surface area contributed by atoms with Crippen LogP contribution >= 0.6 is 11.6 Å². The normalized spacial score (nSPS) is 10.6. The predicted molar refractivity (Wildman–Crippen MR) is 93.1 cm³/mol. The Morgan fingerprint density at radius 3 is 2.72 bits per heavy atom. The predicted octanol–water partition coefficient (Wildman–Crippen LogP) is 3.49. The topological polar surface area (TPSA) is 69.1 Å². The highest BCUT2D eigenvalue weighted by Crippen LogP contribution is 2.22. The van der Waals surface area contributed by atoms with Gasteiger partial charge in [0.15, 0.2) is 6.61 Å². The summed E-state index contributed by atoms with van der Waals surface area (Å²) < 4.78 is 23.4. The molecule has 2 rings (SSSR count). The molecule has 0 aliphatic heterocycles. The van der Waals surface area contributed by atoms with E-state index >= 15 is 0 Å². The summed E-state index contributed by atoms with van der Waals surface area (Å²) in [4.78, 5) is 16.7. The van der Waals surface area contributed by atoms with Crippen LogP contribution in [0.15, 0.2) is 41.6 Å². The van der Waals surface area contributed by atoms with Gasteiger partial charge in [-0.25, -0.2) is 4.39 Å². The molecule has 8 heteroatoms. The summed E-state index contributed by atoms with van der Waals surface area (Å²) in [6.45, 7) is -0.322. The molecule has 0 radical (unpaired) electrons. The lowest BCUT2D eigenvalue weighted by Gasteiger charge is -2.07. The third kappa shape index (κ3) is 5.36. The number of carbonyl (C=O) groups excluding carboxylic acids is 1. The van der Waals surface area contributed by atoms with Crippen molar-refractivity contribution < 1.29 is 23.5 Å². The van der Waals surface area contributed by atoms with Gasteiger partial charge in [-0.1, -0.05) is 16.8 Å². The molecule has 0 atom stereocenters. The van der Waals surface area contributed by atoms with Crippen LogP contribution in [0.1, 0.15) is 5.56 Å². The van der Waals surface area contributed by atoms with E-state index in [0.717, 1.165) is 6.07 Å². The van der Waals surface area contributed by atoms with E-state index in [1.807, 2.05) is 0 Å². The molecule has 0 saturated heterocycles. The number of carbonyl (C=O) groups is 1. The van der Waals surface area contributed by atoms with E-state index in [1.54, 1.807) is 25.3 Å². The van der Waals surface area contributed by atoms with Crippen molar-refractivity contribution >= 4 is 29.4 Å². The van der Waals surface area contributed by atoms with Crippen molar-refractivity contribution in [1.29, 1.82) is 0 Å². The number of oxime groups is 1. The van der Waals surface area contributed by atoms with Crippen molar-refractivity contribution in [1.82, 2.24) is 0 Å². The first-order chi connectivity index (χ1) is 12.0. The molecule has 0 bridgehead atoms. The summed E-state index contributed by atoms with van der Waals surface area (Å²) in [6, 6.07) is 9.05. The second-order valence-corrected chi connectivity index (χ2v) is 5.20. The van der Waals surface area contributed by atoms with Crippen LogP contribution in [0.25, 0.3) is 0 Å². The molecule has 2 aromatic carbocycles. The largest absolute Gasteiger partial charge is 0.497 e. The van der Waals surface area contributed by atoms with Crippen LogP contribution in [0.2, 0.25) is 5.02 Å². The molecule has 2 aromatic rings. The first-order valence-corrected chi connectivity index (χ1v) is 7.53. The number of hydrogen-bond acceptors (Lipinski definition) is 5. The number of methoxy groups -OCH3 is 2. The maximum atomic E-state index is 13.1. The lowest BCUT2D eigenvalue weighted by Crippen LogP contribution is -2.17. The second kappa shape index (κ2) is 8.89. The molecular formula is C17H16ClFN2O4. The van der Waals surface area contributed by atoms with Crippen molar-refractivity contribution in [2.24, 2.45) is 5.16 Å². The van der Waals surface area contributed by atoms with Crippen molar-refractivity contribution in [2.75, 3.05) is 26.1 Å². The van der Waals surface area contributed by atoms with Gasteiger partial charge in [-0.2, -0.15) is 0 Å². The van der Waals surface area contributed by atoms with E-state index in [0.29, 0.717) is 22.7 Å². The summed E-state index contributed by atoms with van der Waals surface area (Å²) >= 11 is 5.64. The zero-order valence-corrected chi connectivity index (χ0v) is 14.3. The van der Waals surface area contributed by atoms with Gasteiger partial charge < -0.3 is 19.6 Å². The van der Waals surface area contributed by atoms with Crippen molar-refractivity contribution in [3.63, 3.8) is 0 Å². The van der Waals surface area contributed by atoms with E-state index in [2.05, 4.69) is 10.5 Å². The molecule has 0 spiro atoms. The first kappa shape index (κ1) is 18.5. The standard InChI is InChI=1S/C17H16ClFN2O4/c1-23-13-4-6-16(24-2)11(7-13)9-20-25-10-17(22)21-12-3-5-15(19)14(18)8-12/h3-9H,10H2,1-2H3,(H,21,22)/b20-9+. The third-order valence-corrected chi connectivity index (χ3v) is 3.39. The van der Waals surface area contributed by atoms with Gasteiger partial charge in [-0.05, 0) is 36.4 Å². The van der Waals surface area contributed by atoms with Gasteiger partial charge >= 0.3 is 0 Å². The summed E-state index contributed by atoms with van der Waals surface area (Å²) in [5.41, 5.74) is 0.992. The quantitative estimate of drug-likeness (QED) is 0.601. The fraction of sp³-hybridized carbons (Fsp3) is 0.176. The molecule has 0 unspecified atom stereocenters. The Kier molecular flexibility index (Phi) is 6.59. The molecule has 25 heavy (non-hydrogen) atoms. The molecule has 0 saturated carbocycles. The van der Waals surface area contributed by atoms with Crippen LogP contribution in [-0.4, -0.2) is 32.9 Å². The van der Waals surface area contributed by atoms with Crippen molar-refractivity contribution in [2.45, 2.75) is 0 Å². The first-order valence-electron chi connectivity index (χ1n) is 7.15. The van der Waals surface area contributed by atoms with Crippen LogP contribution in [0, 0.1) is 5.82 Å². The van der Waals surface area contributed by atoms with E-state index in [-0.39, 0.29) is 11.6 Å². The molecular weight excluding hydrogens is 351 g/mol. The fourth-order valence-corrected chi connectivity index (χ4v) is 2.08. The van der Waals surface area contributed by atoms with Gasteiger partial charge in [-0.15, -0.1) is 0 Å². The smallest absolute Gasteiger partial charge is 0.265 e. The Morgan fingerprint density at radius 2 is 2.04 bits per heavy atom. The van der Waals surface area contributed by atoms with Gasteiger partial charge in [0.1, 0.15) is 17.3 Å². The van der Waals surface area contributed by atoms with Crippen LogP contribution in [0.4, 0.5) is 10.1 Å². The van der Waals surface area contributed by atoms with Gasteiger partial charge in [0.05, 0.1) is 25.5 Å². The van der Waals surface area contributed by atoms with Crippen LogP contribution in [-0.2, 0) is 9.63 Å². The van der Waals surface area contributed by atoms with Gasteiger partial charge in [0.25, 0.3) is 5.91 Å². The minimum absolute atomic E-state index is 0.0816. The van der Waals surface area contributed by atoms with E-state index in [9.17, 15) is 9.18 Å². The number of amides is 1. The fourth-order valence-electron chi connectivity index (χ4n) is 1.90. The lowest BCUT2D eigenvalue weighted by atomic mass is 10.2. The van der Waals surface area contributed by atoms with Crippen LogP contribution in [0.5, 0.6) is 11.5 Å². The maximum absolute atomic E-state index is 13.1. The Hall–Kier alpha value is -2.80. The van der Waals surface area contributed by atoms with Gasteiger partial charge in [0.2, 0.25) is 0 Å². The Bertz CT molecular complexity index is 783. The minimum atomic E-state index is -0.562. The lowest BCUT2D eigenvalue weighted by molar-refractivity contribution is -0.120. The second-order valence-electron chi connectivity index (χ2n) is 4.79. The SMILES string of the molecule is COc1ccc(OC)c(/C=N/OCC(=O)Nc2ccc(F)c(Cl)c2)c1. The Labute approximate surface area is 149 Å². The molecule has 0 aliphatic rings. The van der Waals surface area contributed by atoms with Crippen LogP contribution < -0.4 is 14.8 Å². The van der Waals surface area contributed by atoms with E-state index < -0.39 is 11.7 Å². The molecule has 1 amide bonds. The summed E-state index contributed by atoms with van der Waals surface area (Å²) in [7, 11) is 3.08. The van der Waals surface area contributed by atoms with Gasteiger partial charge in [0, 0.05) is 11.3 Å². The average molecular weight is 367 g/mol. The van der Waals surface area contributed by atoms with E-state index in [1.165, 1.54) is 25.5 Å². The molecule has 0 fully saturated rings. The van der Waals surface area contributed by atoms with Crippen molar-refractivity contribution in [3.8, 4) is 11.5 Å². The zero-order chi connectivity index (χ0) is 18.2. The third-order valence-electron chi connectivity index (χ3n) is 3.10. The van der Waals surface area contributed by atoms with Crippen LogP contribution in [0.3, 0.4) is 0 Å². The highest BCUT2D eigenvalue weighted by Gasteiger charge is 2.06. The number of nitrogens with one attached hydrogen (secondary N) is 1. The zero-order valence-electron chi connectivity index (χ0n) is 13.6. The number of halogens is 2. The molecule has 6 nitrogen and oxygen atoms in total. The molecule has 1 N–H and O–H groups in total. The number of hydrogen-bond donors (Lipinski definition) is 1. The number of ether oxygens (including phenoxy) is 2. The minimum Gasteiger partial charge on any atom is -0.497 e. The molecule has 0 heterocycles. The van der Waals surface area contributed by atoms with Gasteiger partial charge in [-0.3, -0.25) is 4.79 Å². The highest BCUT2D eigenvalue weighted by molar-refractivity contribution is 6.31. The number of benzene rings is 2. The number of nitrogens with zero attached hydrogens (tertiary/aromatic N) is 1. The highest BCUT2D eigenvalue weighted by atomic mass is 35.5. The Balaban J connectivity index is 1.90. The van der Waals surface area contributed by atoms with Crippen molar-refractivity contribution in [3.05, 3.63) is 52.8 Å². The monoisotopic (exact) mass is 366 g/mol. The number of anilines is 1. The summed E-state index contributed by atoms with van der Waals surface area (Å²) in [5.74, 6) is 0.192. The molecule has 0 aliphatic carbocycles. The summed E-state index contributed by atoms with van der Waals surface area (Å²) in [5, 5.41) is 6.17. The average Bonchev–Trinajstić information content (AvgIpc) is 2.61. The maximum Gasteiger partial charge on any atom is 0.265 e. The molecule has 132 valence electrons. The van der Waals surface area contributed by atoms with E-state index in [4.69, 9.17) is 25.9 Å². The Morgan fingerprint density at radius 1 is 1.24 bits per heavy atom. The number of rotatable bonds is 7. The summed E-state index contributed by atoms with van der Waals surface area (Å²) in [6.07, 6.45) is 1.41. The molecule has 0 aromatic heterocycles.